The van der Waals surface area contributed by atoms with Gasteiger partial charge in [-0.1, -0.05) is 12.6 Å². The fourth-order valence-corrected chi connectivity index (χ4v) is 2.64. The standard InChI is InChI=1S/C17H19N5O/c1-4-16(23)22-9-7-14(22)13-10-15(20-12(3)19-13)21-17-11(2)6-5-8-18-17/h4-6,8,10,14H,1,7,9H2,2-3H3,(H,18,19,20,21)/t14-/m0/s1. The lowest BCUT2D eigenvalue weighted by Crippen LogP contribution is -2.44. The summed E-state index contributed by atoms with van der Waals surface area (Å²) in [6.45, 7) is 8.12. The van der Waals surface area contributed by atoms with Crippen LogP contribution in [0.2, 0.25) is 0 Å². The summed E-state index contributed by atoms with van der Waals surface area (Å²) in [6, 6.07) is 5.76. The van der Waals surface area contributed by atoms with Crippen LogP contribution in [0, 0.1) is 13.8 Å². The molecular weight excluding hydrogens is 290 g/mol. The number of anilines is 2. The van der Waals surface area contributed by atoms with Crippen molar-refractivity contribution >= 4 is 17.5 Å². The maximum absolute atomic E-state index is 11.8. The largest absolute Gasteiger partial charge is 0.330 e. The van der Waals surface area contributed by atoms with Gasteiger partial charge in [0.2, 0.25) is 5.91 Å². The molecule has 1 atom stereocenters. The van der Waals surface area contributed by atoms with E-state index in [9.17, 15) is 4.79 Å². The highest BCUT2D eigenvalue weighted by Gasteiger charge is 2.33. The zero-order chi connectivity index (χ0) is 16.4. The Hall–Kier alpha value is -2.76. The van der Waals surface area contributed by atoms with E-state index in [-0.39, 0.29) is 11.9 Å². The number of likely N-dealkylation sites (tertiary alicyclic amines) is 1. The molecule has 1 aliphatic rings. The van der Waals surface area contributed by atoms with E-state index in [0.717, 1.165) is 30.0 Å². The van der Waals surface area contributed by atoms with Crippen LogP contribution in [0.5, 0.6) is 0 Å². The smallest absolute Gasteiger partial charge is 0.246 e. The Labute approximate surface area is 135 Å². The Morgan fingerprint density at radius 2 is 2.26 bits per heavy atom. The van der Waals surface area contributed by atoms with E-state index in [2.05, 4.69) is 26.8 Å². The third-order valence-electron chi connectivity index (χ3n) is 3.93. The average molecular weight is 309 g/mol. The summed E-state index contributed by atoms with van der Waals surface area (Å²) < 4.78 is 0. The lowest BCUT2D eigenvalue weighted by molar-refractivity contribution is -0.133. The minimum absolute atomic E-state index is 0.00687. The normalized spacial score (nSPS) is 16.6. The van der Waals surface area contributed by atoms with Crippen LogP contribution in [0.25, 0.3) is 0 Å². The number of nitrogens with zero attached hydrogens (tertiary/aromatic N) is 4. The number of aromatic nitrogens is 3. The van der Waals surface area contributed by atoms with Crippen LogP contribution in [-0.2, 0) is 4.79 Å². The van der Waals surface area contributed by atoms with Gasteiger partial charge >= 0.3 is 0 Å². The summed E-state index contributed by atoms with van der Waals surface area (Å²) in [6.07, 6.45) is 3.98. The van der Waals surface area contributed by atoms with Gasteiger partial charge in [0.1, 0.15) is 17.5 Å². The molecule has 1 N–H and O–H groups in total. The predicted molar refractivity (Wildman–Crippen MR) is 88.3 cm³/mol. The number of carbonyl (C=O) groups excluding carboxylic acids is 1. The van der Waals surface area contributed by atoms with Gasteiger partial charge in [0.05, 0.1) is 11.7 Å². The van der Waals surface area contributed by atoms with Crippen LogP contribution in [0.4, 0.5) is 11.6 Å². The molecule has 0 unspecified atom stereocenters. The minimum Gasteiger partial charge on any atom is -0.330 e. The fraction of sp³-hybridized carbons (Fsp3) is 0.294. The van der Waals surface area contributed by atoms with Crippen LogP contribution < -0.4 is 5.32 Å². The maximum Gasteiger partial charge on any atom is 0.246 e. The summed E-state index contributed by atoms with van der Waals surface area (Å²) in [5.41, 5.74) is 1.88. The fourth-order valence-electron chi connectivity index (χ4n) is 2.64. The van der Waals surface area contributed by atoms with Gasteiger partial charge in [0, 0.05) is 18.8 Å². The van der Waals surface area contributed by atoms with Crippen LogP contribution >= 0.6 is 0 Å². The predicted octanol–water partition coefficient (Wildman–Crippen LogP) is 2.69. The molecule has 3 heterocycles. The summed E-state index contributed by atoms with van der Waals surface area (Å²) >= 11 is 0. The number of nitrogens with one attached hydrogen (secondary N) is 1. The van der Waals surface area contributed by atoms with Crippen molar-refractivity contribution in [3.05, 3.63) is 54.1 Å². The summed E-state index contributed by atoms with van der Waals surface area (Å²) in [5, 5.41) is 3.23. The summed E-state index contributed by atoms with van der Waals surface area (Å²) in [7, 11) is 0. The van der Waals surface area contributed by atoms with Crippen LogP contribution in [0.15, 0.2) is 37.1 Å². The molecule has 2 aromatic heterocycles. The van der Waals surface area contributed by atoms with Crippen molar-refractivity contribution in [1.29, 1.82) is 0 Å². The Kier molecular flexibility index (Phi) is 4.06. The monoisotopic (exact) mass is 309 g/mol. The molecule has 23 heavy (non-hydrogen) atoms. The molecule has 118 valence electrons. The molecule has 2 aromatic rings. The second-order valence-corrected chi connectivity index (χ2v) is 5.56. The highest BCUT2D eigenvalue weighted by atomic mass is 16.2. The lowest BCUT2D eigenvalue weighted by atomic mass is 9.99. The second kappa shape index (κ2) is 6.16. The van der Waals surface area contributed by atoms with Crippen molar-refractivity contribution in [3.63, 3.8) is 0 Å². The Balaban J connectivity index is 1.87. The molecule has 0 aromatic carbocycles. The molecule has 6 heteroatoms. The summed E-state index contributed by atoms with van der Waals surface area (Å²) in [5.74, 6) is 2.06. The molecule has 6 nitrogen and oxygen atoms in total. The third kappa shape index (κ3) is 3.06. The quantitative estimate of drug-likeness (QED) is 0.879. The molecule has 0 saturated carbocycles. The Bertz CT molecular complexity index is 758. The van der Waals surface area contributed by atoms with Crippen molar-refractivity contribution in [3.8, 4) is 0 Å². The topological polar surface area (TPSA) is 71.0 Å². The molecule has 0 bridgehead atoms. The first-order valence-electron chi connectivity index (χ1n) is 7.55. The van der Waals surface area contributed by atoms with Gasteiger partial charge in [0.25, 0.3) is 0 Å². The average Bonchev–Trinajstić information content (AvgIpc) is 2.48. The molecular formula is C17H19N5O. The van der Waals surface area contributed by atoms with Crippen molar-refractivity contribution in [2.45, 2.75) is 26.3 Å². The molecule has 1 fully saturated rings. The highest BCUT2D eigenvalue weighted by Crippen LogP contribution is 2.33. The van der Waals surface area contributed by atoms with Gasteiger partial charge in [-0.15, -0.1) is 0 Å². The van der Waals surface area contributed by atoms with Gasteiger partial charge in [-0.2, -0.15) is 0 Å². The number of pyridine rings is 1. The molecule has 3 rings (SSSR count). The zero-order valence-corrected chi connectivity index (χ0v) is 13.3. The zero-order valence-electron chi connectivity index (χ0n) is 13.3. The maximum atomic E-state index is 11.8. The molecule has 0 radical (unpaired) electrons. The SMILES string of the molecule is C=CC(=O)N1CC[C@H]1c1cc(Nc2ncccc2C)nc(C)n1. The van der Waals surface area contributed by atoms with E-state index in [1.165, 1.54) is 6.08 Å². The molecule has 1 aliphatic heterocycles. The van der Waals surface area contributed by atoms with E-state index in [1.807, 2.05) is 32.0 Å². The first-order chi connectivity index (χ1) is 11.1. The third-order valence-corrected chi connectivity index (χ3v) is 3.93. The van der Waals surface area contributed by atoms with Crippen molar-refractivity contribution in [2.75, 3.05) is 11.9 Å². The van der Waals surface area contributed by atoms with Crippen LogP contribution in [0.3, 0.4) is 0 Å². The number of aryl methyl sites for hydroxylation is 2. The first kappa shape index (κ1) is 15.1. The number of hydrogen-bond donors (Lipinski definition) is 1. The van der Waals surface area contributed by atoms with Crippen molar-refractivity contribution in [1.82, 2.24) is 19.9 Å². The van der Waals surface area contributed by atoms with E-state index in [4.69, 9.17) is 0 Å². The van der Waals surface area contributed by atoms with E-state index in [0.29, 0.717) is 11.6 Å². The van der Waals surface area contributed by atoms with E-state index in [1.54, 1.807) is 11.1 Å². The van der Waals surface area contributed by atoms with Crippen molar-refractivity contribution < 1.29 is 4.79 Å². The number of carbonyl (C=O) groups is 1. The van der Waals surface area contributed by atoms with Crippen molar-refractivity contribution in [2.24, 2.45) is 0 Å². The van der Waals surface area contributed by atoms with E-state index < -0.39 is 0 Å². The number of hydrogen-bond acceptors (Lipinski definition) is 5. The van der Waals surface area contributed by atoms with Crippen LogP contribution in [0.1, 0.15) is 29.5 Å². The lowest BCUT2D eigenvalue weighted by Gasteiger charge is -2.40. The molecule has 0 aliphatic carbocycles. The Morgan fingerprint density at radius 1 is 1.43 bits per heavy atom. The van der Waals surface area contributed by atoms with E-state index >= 15 is 0 Å². The van der Waals surface area contributed by atoms with Gasteiger partial charge in [-0.05, 0) is 38.0 Å². The number of amides is 1. The minimum atomic E-state index is -0.0624. The second-order valence-electron chi connectivity index (χ2n) is 5.56. The molecule has 1 amide bonds. The molecule has 0 spiro atoms. The summed E-state index contributed by atoms with van der Waals surface area (Å²) in [4.78, 5) is 26.8. The van der Waals surface area contributed by atoms with Gasteiger partial charge in [-0.25, -0.2) is 15.0 Å². The Morgan fingerprint density at radius 3 is 2.91 bits per heavy atom. The first-order valence-corrected chi connectivity index (χ1v) is 7.55. The van der Waals surface area contributed by atoms with Gasteiger partial charge in [0.15, 0.2) is 0 Å². The van der Waals surface area contributed by atoms with Gasteiger partial charge < -0.3 is 10.2 Å². The molecule has 1 saturated heterocycles. The highest BCUT2D eigenvalue weighted by molar-refractivity contribution is 5.88. The number of rotatable bonds is 4. The van der Waals surface area contributed by atoms with Crippen LogP contribution in [-0.4, -0.2) is 32.3 Å². The van der Waals surface area contributed by atoms with Gasteiger partial charge in [-0.3, -0.25) is 4.79 Å².